The highest BCUT2D eigenvalue weighted by molar-refractivity contribution is 7.13. The van der Waals surface area contributed by atoms with Crippen molar-refractivity contribution < 1.29 is 4.39 Å². The fourth-order valence-electron chi connectivity index (χ4n) is 1.39. The second-order valence-corrected chi connectivity index (χ2v) is 4.58. The van der Waals surface area contributed by atoms with Crippen LogP contribution in [0.5, 0.6) is 0 Å². The molecule has 0 amide bonds. The highest BCUT2D eigenvalue weighted by Gasteiger charge is 2.09. The molecule has 16 heavy (non-hydrogen) atoms. The molecule has 0 spiro atoms. The minimum absolute atomic E-state index is 0.235. The quantitative estimate of drug-likeness (QED) is 0.889. The molecule has 0 aliphatic heterocycles. The number of halogens is 1. The van der Waals surface area contributed by atoms with Crippen molar-refractivity contribution >= 4 is 11.3 Å². The Morgan fingerprint density at radius 2 is 2.31 bits per heavy atom. The Labute approximate surface area is 97.9 Å². The monoisotopic (exact) mass is 236 g/mol. The van der Waals surface area contributed by atoms with Gasteiger partial charge in [0.1, 0.15) is 10.8 Å². The van der Waals surface area contributed by atoms with Crippen molar-refractivity contribution in [3.8, 4) is 10.6 Å². The standard InChI is InChI=1S/C12H13FN2S/c1-8(6-14)11-7-16-12(15-11)9-3-2-4-10(13)5-9/h2-5,7-8H,6,14H2,1H3. The Balaban J connectivity index is 2.31. The first-order valence-electron chi connectivity index (χ1n) is 5.12. The lowest BCUT2D eigenvalue weighted by Gasteiger charge is -2.02. The van der Waals surface area contributed by atoms with Gasteiger partial charge in [0.25, 0.3) is 0 Å². The van der Waals surface area contributed by atoms with Gasteiger partial charge >= 0.3 is 0 Å². The van der Waals surface area contributed by atoms with Crippen LogP contribution in [0.25, 0.3) is 10.6 Å². The molecule has 84 valence electrons. The molecule has 1 heterocycles. The molecule has 0 saturated carbocycles. The first kappa shape index (κ1) is 11.2. The number of rotatable bonds is 3. The van der Waals surface area contributed by atoms with E-state index in [4.69, 9.17) is 5.73 Å². The van der Waals surface area contributed by atoms with Crippen molar-refractivity contribution in [2.45, 2.75) is 12.8 Å². The van der Waals surface area contributed by atoms with Crippen LogP contribution in [0, 0.1) is 5.82 Å². The molecular weight excluding hydrogens is 223 g/mol. The molecule has 1 unspecified atom stereocenters. The van der Waals surface area contributed by atoms with Gasteiger partial charge in [0, 0.05) is 23.4 Å². The third-order valence-electron chi connectivity index (χ3n) is 2.45. The molecule has 0 saturated heterocycles. The van der Waals surface area contributed by atoms with Crippen LogP contribution in [0.3, 0.4) is 0 Å². The molecule has 1 aromatic carbocycles. The number of nitrogens with two attached hydrogens (primary N) is 1. The third kappa shape index (κ3) is 2.28. The van der Waals surface area contributed by atoms with E-state index in [1.54, 1.807) is 6.07 Å². The first-order chi connectivity index (χ1) is 7.70. The van der Waals surface area contributed by atoms with Crippen molar-refractivity contribution in [2.75, 3.05) is 6.54 Å². The van der Waals surface area contributed by atoms with E-state index in [0.29, 0.717) is 6.54 Å². The Hall–Kier alpha value is -1.26. The van der Waals surface area contributed by atoms with Crippen LogP contribution in [-0.4, -0.2) is 11.5 Å². The molecule has 2 N–H and O–H groups in total. The van der Waals surface area contributed by atoms with Gasteiger partial charge in [-0.25, -0.2) is 9.37 Å². The topological polar surface area (TPSA) is 38.9 Å². The van der Waals surface area contributed by atoms with Crippen LogP contribution in [0.15, 0.2) is 29.6 Å². The molecule has 0 aliphatic rings. The number of hydrogen-bond acceptors (Lipinski definition) is 3. The second-order valence-electron chi connectivity index (χ2n) is 3.72. The van der Waals surface area contributed by atoms with Crippen molar-refractivity contribution in [1.29, 1.82) is 0 Å². The molecule has 0 radical (unpaired) electrons. The minimum atomic E-state index is -0.235. The summed E-state index contributed by atoms with van der Waals surface area (Å²) in [5, 5.41) is 2.83. The second kappa shape index (κ2) is 4.72. The smallest absolute Gasteiger partial charge is 0.123 e. The number of benzene rings is 1. The lowest BCUT2D eigenvalue weighted by atomic mass is 10.1. The van der Waals surface area contributed by atoms with Gasteiger partial charge in [-0.05, 0) is 12.1 Å². The number of hydrogen-bond donors (Lipinski definition) is 1. The van der Waals surface area contributed by atoms with E-state index in [-0.39, 0.29) is 11.7 Å². The summed E-state index contributed by atoms with van der Waals surface area (Å²) in [7, 11) is 0. The molecule has 0 fully saturated rings. The number of nitrogens with zero attached hydrogens (tertiary/aromatic N) is 1. The Morgan fingerprint density at radius 3 is 3.00 bits per heavy atom. The summed E-state index contributed by atoms with van der Waals surface area (Å²) < 4.78 is 13.0. The summed E-state index contributed by atoms with van der Waals surface area (Å²) in [4.78, 5) is 4.46. The van der Waals surface area contributed by atoms with Crippen molar-refractivity contribution in [1.82, 2.24) is 4.98 Å². The Kier molecular flexibility index (Phi) is 3.31. The Morgan fingerprint density at radius 1 is 1.50 bits per heavy atom. The summed E-state index contributed by atoms with van der Waals surface area (Å²) in [6.07, 6.45) is 0. The molecule has 2 rings (SSSR count). The zero-order valence-corrected chi connectivity index (χ0v) is 9.80. The van der Waals surface area contributed by atoms with Gasteiger partial charge in [-0.3, -0.25) is 0 Å². The van der Waals surface area contributed by atoms with Crippen LogP contribution in [0.2, 0.25) is 0 Å². The minimum Gasteiger partial charge on any atom is -0.330 e. The van der Waals surface area contributed by atoms with E-state index >= 15 is 0 Å². The third-order valence-corrected chi connectivity index (χ3v) is 3.36. The summed E-state index contributed by atoms with van der Waals surface area (Å²) in [6, 6.07) is 6.48. The van der Waals surface area contributed by atoms with E-state index in [9.17, 15) is 4.39 Å². The predicted molar refractivity (Wildman–Crippen MR) is 65.0 cm³/mol. The summed E-state index contributed by atoms with van der Waals surface area (Å²) in [5.41, 5.74) is 7.38. The predicted octanol–water partition coefficient (Wildman–Crippen LogP) is 3.01. The maximum Gasteiger partial charge on any atom is 0.123 e. The molecule has 1 aromatic heterocycles. The van der Waals surface area contributed by atoms with E-state index in [2.05, 4.69) is 4.98 Å². The molecule has 1 atom stereocenters. The van der Waals surface area contributed by atoms with Gasteiger partial charge in [0.05, 0.1) is 5.69 Å². The van der Waals surface area contributed by atoms with Gasteiger partial charge < -0.3 is 5.73 Å². The van der Waals surface area contributed by atoms with Crippen molar-refractivity contribution in [3.05, 3.63) is 41.2 Å². The molecular formula is C12H13FN2S. The zero-order chi connectivity index (χ0) is 11.5. The molecule has 0 aliphatic carbocycles. The lowest BCUT2D eigenvalue weighted by molar-refractivity contribution is 0.628. The van der Waals surface area contributed by atoms with Crippen LogP contribution in [0.1, 0.15) is 18.5 Å². The molecule has 2 aromatic rings. The van der Waals surface area contributed by atoms with Gasteiger partial charge in [-0.15, -0.1) is 11.3 Å². The number of aromatic nitrogens is 1. The summed E-state index contributed by atoms with van der Waals surface area (Å²) >= 11 is 1.52. The van der Waals surface area contributed by atoms with Crippen LogP contribution >= 0.6 is 11.3 Å². The fourth-order valence-corrected chi connectivity index (χ4v) is 2.33. The van der Waals surface area contributed by atoms with Crippen LogP contribution < -0.4 is 5.73 Å². The Bertz CT molecular complexity index is 481. The highest BCUT2D eigenvalue weighted by atomic mass is 32.1. The molecule has 0 bridgehead atoms. The summed E-state index contributed by atoms with van der Waals surface area (Å²) in [6.45, 7) is 2.61. The van der Waals surface area contributed by atoms with Crippen molar-refractivity contribution in [2.24, 2.45) is 5.73 Å². The van der Waals surface area contributed by atoms with E-state index in [0.717, 1.165) is 16.3 Å². The average Bonchev–Trinajstić information content (AvgIpc) is 2.77. The summed E-state index contributed by atoms with van der Waals surface area (Å²) in [5.74, 6) is 0.0136. The largest absolute Gasteiger partial charge is 0.330 e. The molecule has 2 nitrogen and oxygen atoms in total. The maximum absolute atomic E-state index is 13.0. The lowest BCUT2D eigenvalue weighted by Crippen LogP contribution is -2.08. The zero-order valence-electron chi connectivity index (χ0n) is 8.98. The first-order valence-corrected chi connectivity index (χ1v) is 6.00. The average molecular weight is 236 g/mol. The van der Waals surface area contributed by atoms with Gasteiger partial charge in [0.15, 0.2) is 0 Å². The van der Waals surface area contributed by atoms with Crippen LogP contribution in [0.4, 0.5) is 4.39 Å². The number of thiazole rings is 1. The van der Waals surface area contributed by atoms with Gasteiger partial charge in [0.2, 0.25) is 0 Å². The fraction of sp³-hybridized carbons (Fsp3) is 0.250. The maximum atomic E-state index is 13.0. The van der Waals surface area contributed by atoms with Gasteiger partial charge in [-0.2, -0.15) is 0 Å². The van der Waals surface area contributed by atoms with Crippen LogP contribution in [-0.2, 0) is 0 Å². The van der Waals surface area contributed by atoms with E-state index < -0.39 is 0 Å². The normalized spacial score (nSPS) is 12.7. The van der Waals surface area contributed by atoms with E-state index in [1.165, 1.54) is 23.5 Å². The van der Waals surface area contributed by atoms with E-state index in [1.807, 2.05) is 18.4 Å². The highest BCUT2D eigenvalue weighted by Crippen LogP contribution is 2.26. The molecule has 4 heteroatoms. The van der Waals surface area contributed by atoms with Crippen molar-refractivity contribution in [3.63, 3.8) is 0 Å². The van der Waals surface area contributed by atoms with Gasteiger partial charge in [-0.1, -0.05) is 19.1 Å². The SMILES string of the molecule is CC(CN)c1csc(-c2cccc(F)c2)n1.